The van der Waals surface area contributed by atoms with E-state index in [2.05, 4.69) is 19.9 Å². The number of ether oxygens (including phenoxy) is 1. The molecular formula is C18H25NO2. The highest BCUT2D eigenvalue weighted by Crippen LogP contribution is 2.47. The first kappa shape index (κ1) is 15.9. The van der Waals surface area contributed by atoms with Crippen LogP contribution in [0.15, 0.2) is 24.3 Å². The SMILES string of the molecule is CCCOc1cccc(C(O)C2(C#N)CCC(C)CC2)c1. The maximum absolute atomic E-state index is 10.8. The molecule has 1 aromatic carbocycles. The molecule has 0 bridgehead atoms. The van der Waals surface area contributed by atoms with Crippen LogP contribution in [0.5, 0.6) is 5.75 Å². The van der Waals surface area contributed by atoms with Crippen molar-refractivity contribution < 1.29 is 9.84 Å². The lowest BCUT2D eigenvalue weighted by atomic mass is 9.67. The highest BCUT2D eigenvalue weighted by atomic mass is 16.5. The molecule has 0 heterocycles. The number of nitrogens with zero attached hydrogens (tertiary/aromatic N) is 1. The van der Waals surface area contributed by atoms with E-state index >= 15 is 0 Å². The van der Waals surface area contributed by atoms with E-state index in [4.69, 9.17) is 4.74 Å². The van der Waals surface area contributed by atoms with Gasteiger partial charge >= 0.3 is 0 Å². The Bertz CT molecular complexity index is 498. The first-order chi connectivity index (χ1) is 10.1. The van der Waals surface area contributed by atoms with Gasteiger partial charge in [0.25, 0.3) is 0 Å². The Morgan fingerprint density at radius 2 is 2.14 bits per heavy atom. The van der Waals surface area contributed by atoms with Gasteiger partial charge in [-0.25, -0.2) is 0 Å². The molecule has 0 amide bonds. The summed E-state index contributed by atoms with van der Waals surface area (Å²) < 4.78 is 5.62. The summed E-state index contributed by atoms with van der Waals surface area (Å²) in [5.74, 6) is 1.42. The van der Waals surface area contributed by atoms with Crippen molar-refractivity contribution in [1.29, 1.82) is 5.26 Å². The van der Waals surface area contributed by atoms with Gasteiger partial charge in [0.15, 0.2) is 0 Å². The third-order valence-electron chi connectivity index (χ3n) is 4.56. The van der Waals surface area contributed by atoms with Crippen LogP contribution in [-0.2, 0) is 0 Å². The Kier molecular flexibility index (Phi) is 5.25. The van der Waals surface area contributed by atoms with Crippen LogP contribution in [0.25, 0.3) is 0 Å². The fourth-order valence-corrected chi connectivity index (χ4v) is 3.04. The predicted molar refractivity (Wildman–Crippen MR) is 82.9 cm³/mol. The minimum Gasteiger partial charge on any atom is -0.494 e. The van der Waals surface area contributed by atoms with Gasteiger partial charge in [0.1, 0.15) is 5.75 Å². The number of benzene rings is 1. The standard InChI is InChI=1S/C18H25NO2/c1-3-11-21-16-6-4-5-15(12-16)17(20)18(13-19)9-7-14(2)8-10-18/h4-6,12,14,17,20H,3,7-11H2,1-2H3. The van der Waals surface area contributed by atoms with Gasteiger partial charge in [-0.15, -0.1) is 0 Å². The molecule has 1 unspecified atom stereocenters. The summed E-state index contributed by atoms with van der Waals surface area (Å²) in [6, 6.07) is 9.96. The first-order valence-corrected chi connectivity index (χ1v) is 7.93. The van der Waals surface area contributed by atoms with Gasteiger partial charge in [-0.1, -0.05) is 26.0 Å². The molecule has 1 atom stereocenters. The summed E-state index contributed by atoms with van der Waals surface area (Å²) in [6.45, 7) is 4.94. The highest BCUT2D eigenvalue weighted by molar-refractivity contribution is 5.32. The Balaban J connectivity index is 2.18. The van der Waals surface area contributed by atoms with Crippen LogP contribution in [-0.4, -0.2) is 11.7 Å². The largest absolute Gasteiger partial charge is 0.494 e. The molecule has 1 aromatic rings. The van der Waals surface area contributed by atoms with E-state index in [0.717, 1.165) is 43.4 Å². The van der Waals surface area contributed by atoms with Gasteiger partial charge in [0.2, 0.25) is 0 Å². The van der Waals surface area contributed by atoms with Gasteiger partial charge in [-0.3, -0.25) is 0 Å². The van der Waals surface area contributed by atoms with E-state index in [0.29, 0.717) is 12.5 Å². The predicted octanol–water partition coefficient (Wildman–Crippen LogP) is 4.23. The Labute approximate surface area is 127 Å². The van der Waals surface area contributed by atoms with Crippen molar-refractivity contribution in [2.24, 2.45) is 11.3 Å². The average Bonchev–Trinajstić information content (AvgIpc) is 2.53. The molecular weight excluding hydrogens is 262 g/mol. The molecule has 0 aromatic heterocycles. The normalized spacial score (nSPS) is 26.9. The van der Waals surface area contributed by atoms with Gasteiger partial charge in [0, 0.05) is 0 Å². The maximum atomic E-state index is 10.8. The van der Waals surface area contributed by atoms with Crippen LogP contribution in [0.1, 0.15) is 57.6 Å². The number of aliphatic hydroxyl groups is 1. The van der Waals surface area contributed by atoms with Crippen LogP contribution in [0.3, 0.4) is 0 Å². The van der Waals surface area contributed by atoms with Gasteiger partial charge in [-0.2, -0.15) is 5.26 Å². The maximum Gasteiger partial charge on any atom is 0.119 e. The van der Waals surface area contributed by atoms with Crippen LogP contribution >= 0.6 is 0 Å². The lowest BCUT2D eigenvalue weighted by Gasteiger charge is -2.37. The van der Waals surface area contributed by atoms with Crippen molar-refractivity contribution in [2.45, 2.75) is 52.1 Å². The molecule has 2 rings (SSSR count). The molecule has 0 spiro atoms. The molecule has 1 saturated carbocycles. The molecule has 3 heteroatoms. The summed E-state index contributed by atoms with van der Waals surface area (Å²) in [4.78, 5) is 0. The second-order valence-corrected chi connectivity index (χ2v) is 6.27. The zero-order valence-corrected chi connectivity index (χ0v) is 13.0. The zero-order valence-electron chi connectivity index (χ0n) is 13.0. The Hall–Kier alpha value is -1.53. The van der Waals surface area contributed by atoms with Crippen LogP contribution < -0.4 is 4.74 Å². The molecule has 0 aliphatic heterocycles. The molecule has 21 heavy (non-hydrogen) atoms. The van der Waals surface area contributed by atoms with Gasteiger partial charge < -0.3 is 9.84 Å². The molecule has 1 fully saturated rings. The first-order valence-electron chi connectivity index (χ1n) is 7.93. The quantitative estimate of drug-likeness (QED) is 0.881. The summed E-state index contributed by atoms with van der Waals surface area (Å²) in [5.41, 5.74) is 0.148. The van der Waals surface area contributed by atoms with Crippen LogP contribution in [0.4, 0.5) is 0 Å². The third kappa shape index (κ3) is 3.57. The minimum absolute atomic E-state index is 0.643. The smallest absolute Gasteiger partial charge is 0.119 e. The number of hydrogen-bond donors (Lipinski definition) is 1. The molecule has 0 saturated heterocycles. The lowest BCUT2D eigenvalue weighted by molar-refractivity contribution is 0.0265. The fraction of sp³-hybridized carbons (Fsp3) is 0.611. The van der Waals surface area contributed by atoms with E-state index in [1.165, 1.54) is 0 Å². The minimum atomic E-state index is -0.736. The summed E-state index contributed by atoms with van der Waals surface area (Å²) >= 11 is 0. The van der Waals surface area contributed by atoms with Gasteiger partial charge in [-0.05, 0) is 55.7 Å². The van der Waals surface area contributed by atoms with Gasteiger partial charge in [0.05, 0.1) is 24.2 Å². The lowest BCUT2D eigenvalue weighted by Crippen LogP contribution is -2.32. The molecule has 114 valence electrons. The zero-order chi connectivity index (χ0) is 15.3. The van der Waals surface area contributed by atoms with E-state index in [1.54, 1.807) is 0 Å². The van der Waals surface area contributed by atoms with E-state index < -0.39 is 11.5 Å². The summed E-state index contributed by atoms with van der Waals surface area (Å²) in [5, 5.41) is 20.4. The molecule has 0 radical (unpaired) electrons. The number of aliphatic hydroxyl groups excluding tert-OH is 1. The number of nitriles is 1. The number of hydrogen-bond acceptors (Lipinski definition) is 3. The second kappa shape index (κ2) is 6.95. The van der Waals surface area contributed by atoms with E-state index in [-0.39, 0.29) is 0 Å². The molecule has 1 aliphatic carbocycles. The molecule has 1 aliphatic rings. The van der Waals surface area contributed by atoms with Crippen LogP contribution in [0.2, 0.25) is 0 Å². The van der Waals surface area contributed by atoms with E-state index in [1.807, 2.05) is 24.3 Å². The fourth-order valence-electron chi connectivity index (χ4n) is 3.04. The molecule has 1 N–H and O–H groups in total. The second-order valence-electron chi connectivity index (χ2n) is 6.27. The average molecular weight is 287 g/mol. The van der Waals surface area contributed by atoms with Crippen molar-refractivity contribution in [2.75, 3.05) is 6.61 Å². The molecule has 3 nitrogen and oxygen atoms in total. The Morgan fingerprint density at radius 3 is 2.76 bits per heavy atom. The summed E-state index contributed by atoms with van der Waals surface area (Å²) in [6.07, 6.45) is 3.78. The van der Waals surface area contributed by atoms with Crippen molar-refractivity contribution in [1.82, 2.24) is 0 Å². The van der Waals surface area contributed by atoms with Crippen molar-refractivity contribution in [3.05, 3.63) is 29.8 Å². The van der Waals surface area contributed by atoms with E-state index in [9.17, 15) is 10.4 Å². The van der Waals surface area contributed by atoms with Crippen molar-refractivity contribution in [3.63, 3.8) is 0 Å². The summed E-state index contributed by atoms with van der Waals surface area (Å²) in [7, 11) is 0. The monoisotopic (exact) mass is 287 g/mol. The van der Waals surface area contributed by atoms with Crippen molar-refractivity contribution >= 4 is 0 Å². The van der Waals surface area contributed by atoms with Crippen LogP contribution in [0, 0.1) is 22.7 Å². The highest BCUT2D eigenvalue weighted by Gasteiger charge is 2.41. The topological polar surface area (TPSA) is 53.2 Å². The number of rotatable bonds is 5. The Morgan fingerprint density at radius 1 is 1.43 bits per heavy atom. The van der Waals surface area contributed by atoms with Crippen molar-refractivity contribution in [3.8, 4) is 11.8 Å². The third-order valence-corrected chi connectivity index (χ3v) is 4.56.